The Balaban J connectivity index is 1.96. The quantitative estimate of drug-likeness (QED) is 0.908. The van der Waals surface area contributed by atoms with Crippen LogP contribution in [-0.2, 0) is 6.42 Å². The fraction of sp³-hybridized carbons (Fsp3) is 0.824. The standard InChI is InChI=1S/C17H30N2O/c1-13(2)19-11-8-15(18-19)12-17(20)9-6-14(7-10-17)16(3,4)5/h8,11,13-14,20H,6-7,9-10,12H2,1-5H3. The summed E-state index contributed by atoms with van der Waals surface area (Å²) in [5, 5.41) is 15.4. The van der Waals surface area contributed by atoms with Crippen molar-refractivity contribution in [2.75, 3.05) is 0 Å². The van der Waals surface area contributed by atoms with Crippen molar-refractivity contribution in [3.63, 3.8) is 0 Å². The third-order valence-corrected chi connectivity index (χ3v) is 4.84. The largest absolute Gasteiger partial charge is 0.389 e. The second-order valence-electron chi connectivity index (χ2n) is 7.92. The van der Waals surface area contributed by atoms with E-state index in [1.807, 2.05) is 16.9 Å². The van der Waals surface area contributed by atoms with Gasteiger partial charge in [-0.3, -0.25) is 4.68 Å². The van der Waals surface area contributed by atoms with Crippen LogP contribution in [0.25, 0.3) is 0 Å². The highest BCUT2D eigenvalue weighted by Crippen LogP contribution is 2.42. The van der Waals surface area contributed by atoms with Crippen LogP contribution in [0.5, 0.6) is 0 Å². The molecule has 114 valence electrons. The van der Waals surface area contributed by atoms with Gasteiger partial charge in [0.15, 0.2) is 0 Å². The fourth-order valence-electron chi connectivity index (χ4n) is 3.29. The van der Waals surface area contributed by atoms with E-state index in [2.05, 4.69) is 39.7 Å². The lowest BCUT2D eigenvalue weighted by atomic mass is 9.67. The van der Waals surface area contributed by atoms with Crippen molar-refractivity contribution in [1.82, 2.24) is 9.78 Å². The third-order valence-electron chi connectivity index (χ3n) is 4.84. The molecule has 3 nitrogen and oxygen atoms in total. The van der Waals surface area contributed by atoms with Gasteiger partial charge in [-0.25, -0.2) is 0 Å². The molecule has 20 heavy (non-hydrogen) atoms. The summed E-state index contributed by atoms with van der Waals surface area (Å²) < 4.78 is 1.97. The topological polar surface area (TPSA) is 38.0 Å². The summed E-state index contributed by atoms with van der Waals surface area (Å²) in [4.78, 5) is 0. The van der Waals surface area contributed by atoms with Crippen LogP contribution in [0.1, 0.15) is 72.0 Å². The predicted octanol–water partition coefficient (Wildman–Crippen LogP) is 3.97. The van der Waals surface area contributed by atoms with Gasteiger partial charge < -0.3 is 5.11 Å². The second-order valence-corrected chi connectivity index (χ2v) is 7.92. The first-order valence-corrected chi connectivity index (χ1v) is 7.96. The monoisotopic (exact) mass is 278 g/mol. The Labute approximate surface area is 123 Å². The van der Waals surface area contributed by atoms with E-state index in [0.29, 0.717) is 17.9 Å². The van der Waals surface area contributed by atoms with Crippen LogP contribution in [0.15, 0.2) is 12.3 Å². The fourth-order valence-corrected chi connectivity index (χ4v) is 3.29. The first kappa shape index (κ1) is 15.6. The number of nitrogens with zero attached hydrogens (tertiary/aromatic N) is 2. The van der Waals surface area contributed by atoms with E-state index in [1.54, 1.807) is 0 Å². The highest BCUT2D eigenvalue weighted by molar-refractivity contribution is 5.06. The molecule has 1 aromatic rings. The highest BCUT2D eigenvalue weighted by atomic mass is 16.3. The van der Waals surface area contributed by atoms with Gasteiger partial charge in [-0.15, -0.1) is 0 Å². The Bertz CT molecular complexity index is 434. The number of hydrogen-bond donors (Lipinski definition) is 1. The number of rotatable bonds is 3. The normalized spacial score (nSPS) is 28.1. The van der Waals surface area contributed by atoms with Crippen molar-refractivity contribution >= 4 is 0 Å². The molecule has 0 bridgehead atoms. The average molecular weight is 278 g/mol. The molecule has 0 saturated heterocycles. The number of hydrogen-bond acceptors (Lipinski definition) is 2. The van der Waals surface area contributed by atoms with E-state index in [4.69, 9.17) is 0 Å². The van der Waals surface area contributed by atoms with Gasteiger partial charge in [-0.1, -0.05) is 20.8 Å². The van der Waals surface area contributed by atoms with E-state index >= 15 is 0 Å². The molecule has 0 aliphatic heterocycles. The van der Waals surface area contributed by atoms with E-state index in [9.17, 15) is 5.11 Å². The molecule has 3 heteroatoms. The number of aromatic nitrogens is 2. The van der Waals surface area contributed by atoms with Gasteiger partial charge >= 0.3 is 0 Å². The molecule has 1 fully saturated rings. The molecule has 1 saturated carbocycles. The van der Waals surface area contributed by atoms with Crippen molar-refractivity contribution in [3.8, 4) is 0 Å². The molecule has 1 aromatic heterocycles. The summed E-state index contributed by atoms with van der Waals surface area (Å²) >= 11 is 0. The molecule has 0 aromatic carbocycles. The van der Waals surface area contributed by atoms with Crippen molar-refractivity contribution in [2.24, 2.45) is 11.3 Å². The molecule has 1 aliphatic carbocycles. The molecule has 0 amide bonds. The van der Waals surface area contributed by atoms with Gasteiger partial charge in [0.2, 0.25) is 0 Å². The number of aliphatic hydroxyl groups is 1. The van der Waals surface area contributed by atoms with Crippen LogP contribution >= 0.6 is 0 Å². The summed E-state index contributed by atoms with van der Waals surface area (Å²) in [5.41, 5.74) is 0.841. The van der Waals surface area contributed by atoms with Gasteiger partial charge in [-0.2, -0.15) is 5.10 Å². The Kier molecular flexibility index (Phi) is 4.29. The first-order chi connectivity index (χ1) is 9.20. The summed E-state index contributed by atoms with van der Waals surface area (Å²) in [7, 11) is 0. The van der Waals surface area contributed by atoms with E-state index in [-0.39, 0.29) is 0 Å². The molecule has 1 heterocycles. The maximum Gasteiger partial charge on any atom is 0.0703 e. The van der Waals surface area contributed by atoms with Gasteiger partial charge in [0.05, 0.1) is 11.3 Å². The minimum atomic E-state index is -0.544. The minimum absolute atomic E-state index is 0.362. The SMILES string of the molecule is CC(C)n1ccc(CC2(O)CCC(C(C)(C)C)CC2)n1. The van der Waals surface area contributed by atoms with Crippen LogP contribution in [-0.4, -0.2) is 20.5 Å². The Morgan fingerprint density at radius 3 is 2.40 bits per heavy atom. The Hall–Kier alpha value is -0.830. The summed E-state index contributed by atoms with van der Waals surface area (Å²) in [6.45, 7) is 11.2. The molecule has 0 radical (unpaired) electrons. The van der Waals surface area contributed by atoms with Crippen LogP contribution in [0, 0.1) is 11.3 Å². The molecule has 0 atom stereocenters. The molecule has 1 aliphatic rings. The molecule has 2 rings (SSSR count). The molecular weight excluding hydrogens is 248 g/mol. The predicted molar refractivity (Wildman–Crippen MR) is 82.7 cm³/mol. The first-order valence-electron chi connectivity index (χ1n) is 7.96. The van der Waals surface area contributed by atoms with Gasteiger partial charge in [0.25, 0.3) is 0 Å². The maximum absolute atomic E-state index is 10.8. The van der Waals surface area contributed by atoms with Crippen LogP contribution < -0.4 is 0 Å². The van der Waals surface area contributed by atoms with Crippen LogP contribution in [0.3, 0.4) is 0 Å². The molecule has 1 N–H and O–H groups in total. The Morgan fingerprint density at radius 2 is 1.95 bits per heavy atom. The molecule has 0 unspecified atom stereocenters. The van der Waals surface area contributed by atoms with Gasteiger partial charge in [0, 0.05) is 18.7 Å². The van der Waals surface area contributed by atoms with E-state index in [1.165, 1.54) is 0 Å². The lowest BCUT2D eigenvalue weighted by Gasteiger charge is -2.41. The molecule has 0 spiro atoms. The highest BCUT2D eigenvalue weighted by Gasteiger charge is 2.37. The summed E-state index contributed by atoms with van der Waals surface area (Å²) in [5.74, 6) is 0.732. The average Bonchev–Trinajstić information content (AvgIpc) is 2.76. The van der Waals surface area contributed by atoms with Gasteiger partial charge in [0.1, 0.15) is 0 Å². The zero-order valence-electron chi connectivity index (χ0n) is 13.7. The van der Waals surface area contributed by atoms with Crippen molar-refractivity contribution in [1.29, 1.82) is 0 Å². The van der Waals surface area contributed by atoms with E-state index in [0.717, 1.165) is 37.3 Å². The van der Waals surface area contributed by atoms with Crippen molar-refractivity contribution < 1.29 is 5.11 Å². The zero-order valence-corrected chi connectivity index (χ0v) is 13.7. The summed E-state index contributed by atoms with van der Waals surface area (Å²) in [6, 6.07) is 2.43. The Morgan fingerprint density at radius 1 is 1.35 bits per heavy atom. The van der Waals surface area contributed by atoms with Crippen LogP contribution in [0.2, 0.25) is 0 Å². The van der Waals surface area contributed by atoms with Crippen LogP contribution in [0.4, 0.5) is 0 Å². The molecular formula is C17H30N2O. The lowest BCUT2D eigenvalue weighted by Crippen LogP contribution is -2.39. The second kappa shape index (κ2) is 5.51. The lowest BCUT2D eigenvalue weighted by molar-refractivity contribution is -0.0252. The minimum Gasteiger partial charge on any atom is -0.389 e. The van der Waals surface area contributed by atoms with E-state index < -0.39 is 5.60 Å². The zero-order chi connectivity index (χ0) is 15.0. The van der Waals surface area contributed by atoms with Crippen molar-refractivity contribution in [2.45, 2.75) is 78.4 Å². The summed E-state index contributed by atoms with van der Waals surface area (Å²) in [6.07, 6.45) is 6.79. The third kappa shape index (κ3) is 3.63. The maximum atomic E-state index is 10.8. The van der Waals surface area contributed by atoms with Gasteiger partial charge in [-0.05, 0) is 56.9 Å². The smallest absolute Gasteiger partial charge is 0.0703 e. The van der Waals surface area contributed by atoms with Crippen molar-refractivity contribution in [3.05, 3.63) is 18.0 Å².